The Bertz CT molecular complexity index is 4190. The van der Waals surface area contributed by atoms with Crippen molar-refractivity contribution in [2.75, 3.05) is 65.4 Å². The molecule has 5 saturated heterocycles. The van der Waals surface area contributed by atoms with Gasteiger partial charge in [0.25, 0.3) is 6.33 Å². The molecule has 0 saturated carbocycles. The van der Waals surface area contributed by atoms with Crippen LogP contribution in [0.15, 0.2) is 74.9 Å². The number of likely N-dealkylation sites (tertiary alicyclic amines) is 3. The van der Waals surface area contributed by atoms with Crippen LogP contribution in [0.2, 0.25) is 0 Å². The van der Waals surface area contributed by atoms with Crippen LogP contribution in [0.5, 0.6) is 17.6 Å². The first-order valence-electron chi connectivity index (χ1n) is 30.8. The van der Waals surface area contributed by atoms with Crippen LogP contribution in [-0.2, 0) is 26.7 Å². The molecule has 5 aliphatic heterocycles. The lowest BCUT2D eigenvalue weighted by Gasteiger charge is -2.37. The number of imidazole rings is 4. The highest BCUT2D eigenvalue weighted by atomic mass is 127. The lowest BCUT2D eigenvalue weighted by atomic mass is 10.2. The van der Waals surface area contributed by atoms with E-state index in [9.17, 15) is 18.4 Å². The number of aryl methyl sites for hydroxylation is 7. The number of nitrogens with one attached hydrogen (secondary N) is 2. The zero-order valence-electron chi connectivity index (χ0n) is 52.6. The molecule has 5 aliphatic rings. The number of rotatable bonds is 12. The Balaban J connectivity index is 0.000000138. The molecule has 0 aromatic carbocycles. The van der Waals surface area contributed by atoms with Gasteiger partial charge < -0.3 is 77.2 Å². The van der Waals surface area contributed by atoms with E-state index < -0.39 is 12.3 Å². The third-order valence-electron chi connectivity index (χ3n) is 16.1. The van der Waals surface area contributed by atoms with Crippen LogP contribution in [0.4, 0.5) is 18.4 Å². The maximum absolute atomic E-state index is 13.1. The number of ether oxygens (including phenoxy) is 3. The number of urea groups is 1. The summed E-state index contributed by atoms with van der Waals surface area (Å²) < 4.78 is 52.3. The highest BCUT2D eigenvalue weighted by molar-refractivity contribution is 5.83. The Hall–Kier alpha value is -9.25. The van der Waals surface area contributed by atoms with Gasteiger partial charge in [-0.2, -0.15) is 19.5 Å². The number of carbonyl (C=O) groups is 2. The molecule has 30 nitrogen and oxygen atoms in total. The summed E-state index contributed by atoms with van der Waals surface area (Å²) in [4.78, 5) is 96.2. The summed E-state index contributed by atoms with van der Waals surface area (Å²) in [6.45, 7) is 19.1. The van der Waals surface area contributed by atoms with Crippen LogP contribution < -0.4 is 53.4 Å². The van der Waals surface area contributed by atoms with E-state index in [0.717, 1.165) is 72.3 Å². The zero-order valence-corrected chi connectivity index (χ0v) is 54.7. The average molecular weight is 1390 g/mol. The van der Waals surface area contributed by atoms with Crippen molar-refractivity contribution in [1.82, 2.24) is 118 Å². The fourth-order valence-electron chi connectivity index (χ4n) is 11.0. The summed E-state index contributed by atoms with van der Waals surface area (Å²) in [5.41, 5.74) is 6.41. The molecule has 2 N–H and O–H groups in total. The molecule has 0 spiro atoms. The summed E-state index contributed by atoms with van der Waals surface area (Å²) in [7, 11) is 1.88. The Morgan fingerprint density at radius 3 is 1.25 bits per heavy atom. The largest absolute Gasteiger partial charge is 1.00 e. The monoisotopic (exact) mass is 1390 g/mol. The highest BCUT2D eigenvalue weighted by Gasteiger charge is 2.38. The molecule has 5 fully saturated rings. The van der Waals surface area contributed by atoms with Crippen LogP contribution in [0.1, 0.15) is 57.5 Å². The number of hydrogen-bond acceptors (Lipinski definition) is 22. The van der Waals surface area contributed by atoms with E-state index in [1.54, 1.807) is 64.1 Å². The summed E-state index contributed by atoms with van der Waals surface area (Å²) in [6.07, 6.45) is 21.0. The van der Waals surface area contributed by atoms with Crippen LogP contribution in [0, 0.1) is 20.8 Å². The van der Waals surface area contributed by atoms with E-state index in [-0.39, 0.29) is 67.4 Å². The Kier molecular flexibility index (Phi) is 20.4. The van der Waals surface area contributed by atoms with Gasteiger partial charge >= 0.3 is 12.1 Å². The number of fused-ring (bicyclic) bond motifs is 3. The van der Waals surface area contributed by atoms with Crippen molar-refractivity contribution in [3.63, 3.8) is 0 Å². The molecular formula is C60H72F2IN25O5. The quantitative estimate of drug-likeness (QED) is 0.129. The summed E-state index contributed by atoms with van der Waals surface area (Å²) in [5, 5.41) is 6.07. The fourth-order valence-corrected chi connectivity index (χ4v) is 11.0. The topological polar surface area (TPSA) is 313 Å². The van der Waals surface area contributed by atoms with Crippen molar-refractivity contribution < 1.29 is 61.1 Å². The minimum atomic E-state index is -0.908. The molecule has 488 valence electrons. The molecule has 0 radical (unpaired) electrons. The van der Waals surface area contributed by atoms with Crippen molar-refractivity contribution in [1.29, 1.82) is 0 Å². The number of aromatic nitrogens is 20. The second-order valence-corrected chi connectivity index (χ2v) is 22.6. The van der Waals surface area contributed by atoms with Crippen molar-refractivity contribution in [2.45, 2.75) is 111 Å². The normalized spacial score (nSPS) is 17.8. The van der Waals surface area contributed by atoms with E-state index in [4.69, 9.17) is 29.2 Å². The number of alkyl halides is 2. The maximum Gasteiger partial charge on any atom is 0.415 e. The van der Waals surface area contributed by atoms with Gasteiger partial charge in [0.2, 0.25) is 17.6 Å². The summed E-state index contributed by atoms with van der Waals surface area (Å²) >= 11 is 0. The van der Waals surface area contributed by atoms with Crippen LogP contribution in [0.3, 0.4) is 0 Å². The predicted octanol–water partition coefficient (Wildman–Crippen LogP) is 1.48. The molecule has 15 heterocycles. The van der Waals surface area contributed by atoms with E-state index >= 15 is 0 Å². The molecule has 15 rings (SSSR count). The van der Waals surface area contributed by atoms with Gasteiger partial charge in [0.05, 0.1) is 49.9 Å². The zero-order chi connectivity index (χ0) is 64.0. The van der Waals surface area contributed by atoms with Gasteiger partial charge in [0, 0.05) is 102 Å². The van der Waals surface area contributed by atoms with Crippen LogP contribution >= 0.6 is 0 Å². The number of carbonyl (C=O) groups excluding carboxylic acids is 2. The molecular weight excluding hydrogens is 1320 g/mol. The number of hydrogen-bond donors (Lipinski definition) is 2. The Morgan fingerprint density at radius 2 is 0.914 bits per heavy atom. The maximum atomic E-state index is 13.1. The van der Waals surface area contributed by atoms with Crippen LogP contribution in [0.25, 0.3) is 67.7 Å². The minimum Gasteiger partial charge on any atom is -1.00 e. The lowest BCUT2D eigenvalue weighted by Crippen LogP contribution is -3.00. The number of amides is 3. The molecule has 0 bridgehead atoms. The highest BCUT2D eigenvalue weighted by Crippen LogP contribution is 2.33. The Morgan fingerprint density at radius 1 is 0.516 bits per heavy atom. The average Bonchev–Trinajstić information content (AvgIpc) is 1.65. The number of halogens is 3. The number of nitrogens with zero attached hydrogens (tertiary/aromatic N) is 23. The van der Waals surface area contributed by atoms with Gasteiger partial charge in [0.15, 0.2) is 33.5 Å². The van der Waals surface area contributed by atoms with Gasteiger partial charge in [-0.1, -0.05) is 0 Å². The van der Waals surface area contributed by atoms with Gasteiger partial charge in [-0.3, -0.25) is 0 Å². The van der Waals surface area contributed by atoms with E-state index in [0.29, 0.717) is 122 Å². The van der Waals surface area contributed by atoms with E-state index in [1.807, 2.05) is 66.1 Å². The lowest BCUT2D eigenvalue weighted by molar-refractivity contribution is -0.670. The molecule has 10 aromatic heterocycles. The van der Waals surface area contributed by atoms with Crippen molar-refractivity contribution in [3.8, 4) is 51.8 Å². The first-order chi connectivity index (χ1) is 44.7. The molecule has 3 unspecified atom stereocenters. The molecule has 33 heteroatoms. The second-order valence-electron chi connectivity index (χ2n) is 22.6. The first-order valence-corrected chi connectivity index (χ1v) is 30.8. The summed E-state index contributed by atoms with van der Waals surface area (Å²) in [6, 6.07) is -0.203. The standard InChI is InChI=1S/C21H24N9O2.C20H23FN8O2.C16H19N7O.C3H6FN.HI/c1-4-30-18(15-9-22-14(2)23-10-15)26-17-19(30)24-12-25-20(17)32-16-5-6-28(11-16)21(31)29-8-7-27(3)13-29;1-3-29-17(13-6-22-12(2)23-7-13)26-16-18(29)24-11-25-19(16)31-15-4-5-27(10-15)20(30)28-8-14(21)9-28;1-3-23-14(11-6-18-10(2)19-7-11)22-13-15(23)20-9-21-16(13)24-12-4-5-17-8-12;4-3-1-5-2-3;/h7-10,12-13,16H,4-6,11H2,1-3H3;6-7,11,14-15H,3-5,8-10H2,1-2H3;6-7,9,12,17H,3-5,8H2,1-2H3;3,5H,1-2H2;1H/q+1;;;;/p-1. The van der Waals surface area contributed by atoms with E-state index in [1.165, 1.54) is 23.9 Å². The third-order valence-corrected chi connectivity index (χ3v) is 16.1. The summed E-state index contributed by atoms with van der Waals surface area (Å²) in [5.74, 6) is 5.66. The smallest absolute Gasteiger partial charge is 0.415 e. The molecule has 10 aromatic rings. The predicted molar refractivity (Wildman–Crippen MR) is 329 cm³/mol. The molecule has 93 heavy (non-hydrogen) atoms. The van der Waals surface area contributed by atoms with Crippen LogP contribution in [-0.4, -0.2) is 216 Å². The van der Waals surface area contributed by atoms with Crippen molar-refractivity contribution >= 4 is 45.6 Å². The van der Waals surface area contributed by atoms with Gasteiger partial charge in [-0.25, -0.2) is 82.7 Å². The van der Waals surface area contributed by atoms with Crippen molar-refractivity contribution in [3.05, 3.63) is 92.4 Å². The molecule has 0 aliphatic carbocycles. The molecule has 3 atom stereocenters. The van der Waals surface area contributed by atoms with Gasteiger partial charge in [-0.15, -0.1) is 0 Å². The van der Waals surface area contributed by atoms with Crippen molar-refractivity contribution in [2.24, 2.45) is 7.05 Å². The Labute approximate surface area is 550 Å². The second kappa shape index (κ2) is 29.1. The van der Waals surface area contributed by atoms with Gasteiger partial charge in [0.1, 0.15) is 97.0 Å². The van der Waals surface area contributed by atoms with E-state index in [2.05, 4.69) is 77.4 Å². The minimum absolute atomic E-state index is 0. The third kappa shape index (κ3) is 14.5. The van der Waals surface area contributed by atoms with Gasteiger partial charge in [-0.05, 0) is 54.5 Å². The SMILES string of the molecule is CCn1c(-c2cnc(C)nc2)nc2c(OC3CCN(C(=O)N4CC(F)C4)C3)ncnc21.CCn1c(-c2cnc(C)nc2)nc2c(OC3CCN(C(=O)n4cc[n+](C)c4)C3)ncnc21.CCn1c(-c2cnc(C)nc2)nc2c(OC3CCNC3)ncnc21.FC1CNC1.[I-]. The molecule has 3 amide bonds. The fraction of sp³-hybridized carbons (Fsp3) is 0.467. The first kappa shape index (κ1) is 65.2.